The van der Waals surface area contributed by atoms with E-state index in [1.54, 1.807) is 55.0 Å². The second-order valence-corrected chi connectivity index (χ2v) is 13.2. The molecular weight excluding hydrogens is 578 g/mol. The summed E-state index contributed by atoms with van der Waals surface area (Å²) in [5.41, 5.74) is 4.80. The Labute approximate surface area is 262 Å². The average Bonchev–Trinajstić information content (AvgIpc) is 3.38. The Bertz CT molecular complexity index is 1700. The minimum atomic E-state index is -0.167. The number of fused-ring (bicyclic) bond motifs is 1. The van der Waals surface area contributed by atoms with Crippen molar-refractivity contribution < 1.29 is 14.3 Å². The summed E-state index contributed by atoms with van der Waals surface area (Å²) in [6.45, 7) is 7.10. The van der Waals surface area contributed by atoms with Crippen LogP contribution in [-0.4, -0.2) is 19.2 Å². The molecule has 0 fully saturated rings. The van der Waals surface area contributed by atoms with E-state index < -0.39 is 0 Å². The number of nitrogens with zero attached hydrogens (tertiary/aromatic N) is 2. The van der Waals surface area contributed by atoms with Gasteiger partial charge in [0.05, 0.1) is 24.3 Å². The van der Waals surface area contributed by atoms with Crippen molar-refractivity contribution in [3.05, 3.63) is 104 Å². The minimum Gasteiger partial charge on any atom is -0.493 e. The third-order valence-corrected chi connectivity index (χ3v) is 9.25. The van der Waals surface area contributed by atoms with Crippen molar-refractivity contribution in [3.63, 3.8) is 0 Å². The number of methoxy groups -OCH3 is 1. The predicted molar refractivity (Wildman–Crippen MR) is 174 cm³/mol. The van der Waals surface area contributed by atoms with E-state index in [1.165, 1.54) is 4.88 Å². The lowest BCUT2D eigenvalue weighted by atomic mass is 9.72. The lowest BCUT2D eigenvalue weighted by Crippen LogP contribution is -2.27. The summed E-state index contributed by atoms with van der Waals surface area (Å²) in [5.74, 6) is 1.49. The Hall–Kier alpha value is -4.12. The van der Waals surface area contributed by atoms with Crippen LogP contribution >= 0.6 is 22.9 Å². The summed E-state index contributed by atoms with van der Waals surface area (Å²) >= 11 is 7.65. The number of hydrogen-bond acceptors (Lipinski definition) is 6. The molecule has 1 N–H and O–H groups in total. The van der Waals surface area contributed by atoms with Crippen LogP contribution in [0.3, 0.4) is 0 Å². The number of carbonyl (C=O) groups excluding carboxylic acids is 1. The molecule has 5 rings (SSSR count). The van der Waals surface area contributed by atoms with Crippen LogP contribution in [-0.2, 0) is 19.4 Å². The van der Waals surface area contributed by atoms with Gasteiger partial charge in [-0.3, -0.25) is 4.79 Å². The molecule has 4 aromatic rings. The highest BCUT2D eigenvalue weighted by Gasteiger charge is 2.33. The lowest BCUT2D eigenvalue weighted by molar-refractivity contribution is 0.102. The molecule has 1 aliphatic carbocycles. The largest absolute Gasteiger partial charge is 0.493 e. The second-order valence-electron chi connectivity index (χ2n) is 11.7. The van der Waals surface area contributed by atoms with Gasteiger partial charge in [0.15, 0.2) is 11.5 Å². The Morgan fingerprint density at radius 3 is 2.63 bits per heavy atom. The number of ether oxygens (including phenoxy) is 2. The highest BCUT2D eigenvalue weighted by atomic mass is 35.5. The van der Waals surface area contributed by atoms with Gasteiger partial charge in [0, 0.05) is 27.4 Å². The third kappa shape index (κ3) is 7.10. The van der Waals surface area contributed by atoms with E-state index in [2.05, 4.69) is 32.2 Å². The van der Waals surface area contributed by atoms with Gasteiger partial charge in [-0.2, -0.15) is 5.26 Å². The number of nitriles is 1. The van der Waals surface area contributed by atoms with Gasteiger partial charge in [-0.05, 0) is 90.3 Å². The van der Waals surface area contributed by atoms with E-state index in [0.29, 0.717) is 44.3 Å². The van der Waals surface area contributed by atoms with Gasteiger partial charge in [0.1, 0.15) is 11.6 Å². The van der Waals surface area contributed by atoms with Crippen molar-refractivity contribution in [2.75, 3.05) is 12.4 Å². The smallest absolute Gasteiger partial charge is 0.259 e. The maximum absolute atomic E-state index is 13.7. The number of halogens is 1. The first-order valence-electron chi connectivity index (χ1n) is 14.2. The van der Waals surface area contributed by atoms with Crippen molar-refractivity contribution in [3.8, 4) is 17.6 Å². The van der Waals surface area contributed by atoms with Crippen molar-refractivity contribution >= 4 is 45.7 Å². The molecule has 0 saturated heterocycles. The molecule has 220 valence electrons. The number of amides is 1. The number of hydrogen-bond donors (Lipinski definition) is 1. The summed E-state index contributed by atoms with van der Waals surface area (Å²) in [6, 6.07) is 22.2. The van der Waals surface area contributed by atoms with Crippen molar-refractivity contribution in [1.29, 1.82) is 5.26 Å². The van der Waals surface area contributed by atoms with E-state index in [1.807, 2.05) is 36.4 Å². The van der Waals surface area contributed by atoms with E-state index in [9.17, 15) is 10.1 Å². The molecule has 0 saturated carbocycles. The molecule has 6 nitrogen and oxygen atoms in total. The summed E-state index contributed by atoms with van der Waals surface area (Å²) in [4.78, 5) is 19.7. The Balaban J connectivity index is 1.41. The molecule has 0 spiro atoms. The number of anilines is 1. The minimum absolute atomic E-state index is 0.167. The molecular formula is C35H34ClN3O3S. The monoisotopic (exact) mass is 611 g/mol. The molecule has 1 aliphatic rings. The Morgan fingerprint density at radius 1 is 1.14 bits per heavy atom. The van der Waals surface area contributed by atoms with E-state index in [0.717, 1.165) is 36.0 Å². The van der Waals surface area contributed by atoms with E-state index in [-0.39, 0.29) is 17.9 Å². The molecule has 0 unspecified atom stereocenters. The predicted octanol–water partition coefficient (Wildman–Crippen LogP) is 9.01. The Kier molecular flexibility index (Phi) is 9.19. The number of nitrogens with one attached hydrogen (secondary N) is 1. The summed E-state index contributed by atoms with van der Waals surface area (Å²) < 4.78 is 11.6. The maximum atomic E-state index is 13.7. The SMILES string of the molecule is COc1cc(C=Nc2sc3c(c2C(=O)Nc2ccc(Cl)cc2)CC[C@H](C(C)(C)C)C3)ccc1OCc1ccccc1C#N. The zero-order valence-electron chi connectivity index (χ0n) is 24.7. The maximum Gasteiger partial charge on any atom is 0.259 e. The van der Waals surface area contributed by atoms with E-state index in [4.69, 9.17) is 26.1 Å². The Morgan fingerprint density at radius 2 is 1.91 bits per heavy atom. The van der Waals surface area contributed by atoms with Crippen LogP contribution in [0.25, 0.3) is 0 Å². The van der Waals surface area contributed by atoms with Crippen LogP contribution in [0.2, 0.25) is 5.02 Å². The topological polar surface area (TPSA) is 83.7 Å². The molecule has 1 aromatic heterocycles. The van der Waals surface area contributed by atoms with Gasteiger partial charge in [-0.25, -0.2) is 4.99 Å². The molecule has 1 heterocycles. The first-order chi connectivity index (χ1) is 20.7. The van der Waals surface area contributed by atoms with E-state index >= 15 is 0 Å². The van der Waals surface area contributed by atoms with Crippen LogP contribution in [0.4, 0.5) is 10.7 Å². The quantitative estimate of drug-likeness (QED) is 0.201. The van der Waals surface area contributed by atoms with Crippen molar-refractivity contribution in [1.82, 2.24) is 0 Å². The fraction of sp³-hybridized carbons (Fsp3) is 0.286. The first-order valence-corrected chi connectivity index (χ1v) is 15.4. The van der Waals surface area contributed by atoms with Gasteiger partial charge in [-0.1, -0.05) is 50.6 Å². The fourth-order valence-electron chi connectivity index (χ4n) is 5.29. The fourth-order valence-corrected chi connectivity index (χ4v) is 6.68. The summed E-state index contributed by atoms with van der Waals surface area (Å²) in [6.07, 6.45) is 4.58. The van der Waals surface area contributed by atoms with Crippen molar-refractivity contribution in [2.24, 2.45) is 16.3 Å². The van der Waals surface area contributed by atoms with Gasteiger partial charge >= 0.3 is 0 Å². The standard InChI is InChI=1S/C35H34ClN3O3S/c1-35(2,3)25-10-15-28-31(18-25)43-34(32(28)33(40)39-27-13-11-26(36)12-14-27)38-20-22-9-16-29(30(17-22)41-4)42-21-24-8-6-5-7-23(24)19-37/h5-9,11-14,16-17,20,25H,10,15,18,21H2,1-4H3,(H,39,40)/t25-/m0/s1. The molecule has 0 bridgehead atoms. The second kappa shape index (κ2) is 13.0. The number of carbonyl (C=O) groups is 1. The average molecular weight is 612 g/mol. The van der Waals surface area contributed by atoms with Crippen LogP contribution in [0.5, 0.6) is 11.5 Å². The number of thiophene rings is 1. The van der Waals surface area contributed by atoms with Gasteiger partial charge in [0.25, 0.3) is 5.91 Å². The van der Waals surface area contributed by atoms with Crippen LogP contribution < -0.4 is 14.8 Å². The molecule has 0 aliphatic heterocycles. The normalized spacial score (nSPS) is 14.7. The van der Waals surface area contributed by atoms with Crippen LogP contribution in [0.15, 0.2) is 71.7 Å². The van der Waals surface area contributed by atoms with Crippen LogP contribution in [0, 0.1) is 22.7 Å². The third-order valence-electron chi connectivity index (χ3n) is 7.84. The number of rotatable bonds is 8. The number of benzene rings is 3. The van der Waals surface area contributed by atoms with Gasteiger partial charge in [0.2, 0.25) is 0 Å². The molecule has 8 heteroatoms. The summed E-state index contributed by atoms with van der Waals surface area (Å²) in [5, 5.41) is 13.7. The van der Waals surface area contributed by atoms with Crippen LogP contribution in [0.1, 0.15) is 64.7 Å². The highest BCUT2D eigenvalue weighted by Crippen LogP contribution is 2.45. The first kappa shape index (κ1) is 30.3. The molecule has 0 radical (unpaired) electrons. The zero-order valence-corrected chi connectivity index (χ0v) is 26.3. The van der Waals surface area contributed by atoms with Crippen molar-refractivity contribution in [2.45, 2.75) is 46.6 Å². The summed E-state index contributed by atoms with van der Waals surface area (Å²) in [7, 11) is 1.59. The molecule has 1 atom stereocenters. The number of aliphatic imine (C=N–C) groups is 1. The highest BCUT2D eigenvalue weighted by molar-refractivity contribution is 7.16. The van der Waals surface area contributed by atoms with Gasteiger partial charge in [-0.15, -0.1) is 11.3 Å². The molecule has 43 heavy (non-hydrogen) atoms. The zero-order chi connectivity index (χ0) is 30.6. The molecule has 1 amide bonds. The van der Waals surface area contributed by atoms with Gasteiger partial charge < -0.3 is 14.8 Å². The lowest BCUT2D eigenvalue weighted by Gasteiger charge is -2.33. The molecule has 3 aromatic carbocycles.